The summed E-state index contributed by atoms with van der Waals surface area (Å²) in [7, 11) is 2.85. The second-order valence-corrected chi connectivity index (χ2v) is 8.04. The van der Waals surface area contributed by atoms with Crippen LogP contribution in [-0.4, -0.2) is 58.4 Å². The van der Waals surface area contributed by atoms with Crippen LogP contribution < -0.4 is 29.0 Å². The van der Waals surface area contributed by atoms with Crippen molar-refractivity contribution < 1.29 is 28.5 Å². The van der Waals surface area contributed by atoms with Crippen molar-refractivity contribution in [3.8, 4) is 28.7 Å². The van der Waals surface area contributed by atoms with Crippen LogP contribution >= 0.6 is 8.58 Å². The molecule has 1 unspecified atom stereocenters. The van der Waals surface area contributed by atoms with Gasteiger partial charge >= 0.3 is 0 Å². The van der Waals surface area contributed by atoms with Gasteiger partial charge in [-0.15, -0.1) is 0 Å². The molecule has 6 nitrogen and oxygen atoms in total. The van der Waals surface area contributed by atoms with Crippen LogP contribution in [0.25, 0.3) is 0 Å². The molecule has 0 heterocycles. The molecule has 0 saturated carbocycles. The number of benzene rings is 2. The third-order valence-corrected chi connectivity index (χ3v) is 5.55. The first-order chi connectivity index (χ1) is 15.1. The normalized spacial score (nSPS) is 10.5. The van der Waals surface area contributed by atoms with Gasteiger partial charge < -0.3 is 23.7 Å². The molecule has 0 bridgehead atoms. The van der Waals surface area contributed by atoms with Gasteiger partial charge in [0.1, 0.15) is 34.3 Å². The van der Waals surface area contributed by atoms with E-state index in [0.717, 1.165) is 24.6 Å². The summed E-state index contributed by atoms with van der Waals surface area (Å²) in [4.78, 5) is 13.4. The number of rotatable bonds is 14. The van der Waals surface area contributed by atoms with E-state index in [-0.39, 0.29) is 33.0 Å². The van der Waals surface area contributed by atoms with Crippen LogP contribution in [0.15, 0.2) is 30.3 Å². The quantitative estimate of drug-likeness (QED) is 0.300. The molecule has 0 aliphatic rings. The molecule has 0 amide bonds. The van der Waals surface area contributed by atoms with Gasteiger partial charge in [-0.05, 0) is 40.0 Å². The molecule has 1 radical (unpaired) electrons. The zero-order valence-electron chi connectivity index (χ0n) is 20.1. The Hall–Kier alpha value is -1.86. The predicted molar refractivity (Wildman–Crippen MR) is 131 cm³/mol. The van der Waals surface area contributed by atoms with Gasteiger partial charge in [-0.3, -0.25) is 4.79 Å². The van der Waals surface area contributed by atoms with E-state index in [0.29, 0.717) is 54.1 Å². The Kier molecular flexibility index (Phi) is 13.3. The molecule has 1 atom stereocenters. The maximum Gasteiger partial charge on any atom is 0.193 e. The number of methoxy groups -OCH3 is 2. The molecule has 8 heteroatoms. The molecule has 2 aromatic carbocycles. The van der Waals surface area contributed by atoms with Crippen molar-refractivity contribution in [1.29, 1.82) is 0 Å². The Morgan fingerprint density at radius 1 is 0.781 bits per heavy atom. The zero-order valence-corrected chi connectivity index (χ0v) is 21.1. The van der Waals surface area contributed by atoms with Crippen molar-refractivity contribution in [2.75, 3.05) is 34.0 Å². The molecule has 0 aliphatic carbocycles. The van der Waals surface area contributed by atoms with Crippen LogP contribution in [-0.2, 0) is 0 Å². The van der Waals surface area contributed by atoms with Gasteiger partial charge in [-0.25, -0.2) is 0 Å². The molecular formula is C24H33LiO6P. The first-order valence-corrected chi connectivity index (χ1v) is 11.7. The fourth-order valence-electron chi connectivity index (χ4n) is 2.90. The first-order valence-electron chi connectivity index (χ1n) is 10.7. The maximum atomic E-state index is 13.4. The van der Waals surface area contributed by atoms with Crippen LogP contribution in [0.5, 0.6) is 28.7 Å². The molecule has 0 aliphatic heterocycles. The van der Waals surface area contributed by atoms with Crippen molar-refractivity contribution in [2.45, 2.75) is 40.0 Å². The Labute approximate surface area is 205 Å². The van der Waals surface area contributed by atoms with Crippen molar-refractivity contribution in [3.05, 3.63) is 35.9 Å². The summed E-state index contributed by atoms with van der Waals surface area (Å²) in [5.74, 6) is 2.86. The second-order valence-electron chi connectivity index (χ2n) is 6.83. The molecule has 2 rings (SSSR count). The minimum absolute atomic E-state index is 0. The molecular weight excluding hydrogens is 422 g/mol. The van der Waals surface area contributed by atoms with Crippen LogP contribution in [0.2, 0.25) is 0 Å². The monoisotopic (exact) mass is 455 g/mol. The minimum Gasteiger partial charge on any atom is -0.496 e. The topological polar surface area (TPSA) is 63.2 Å². The number of carbonyl (C=O) groups excluding carboxylic acids is 1. The van der Waals surface area contributed by atoms with E-state index < -0.39 is 0 Å². The average molecular weight is 455 g/mol. The summed E-state index contributed by atoms with van der Waals surface area (Å²) < 4.78 is 28.7. The van der Waals surface area contributed by atoms with E-state index >= 15 is 0 Å². The van der Waals surface area contributed by atoms with Crippen molar-refractivity contribution in [1.82, 2.24) is 0 Å². The van der Waals surface area contributed by atoms with Crippen molar-refractivity contribution >= 4 is 38.3 Å². The summed E-state index contributed by atoms with van der Waals surface area (Å²) >= 11 is 0. The minimum atomic E-state index is -0.231. The van der Waals surface area contributed by atoms with Crippen LogP contribution in [0, 0.1) is 0 Å². The molecule has 171 valence electrons. The summed E-state index contributed by atoms with van der Waals surface area (Å²) in [5, 5.41) is 0.726. The third-order valence-electron chi connectivity index (χ3n) is 4.33. The smallest absolute Gasteiger partial charge is 0.193 e. The molecule has 32 heavy (non-hydrogen) atoms. The number of hydrogen-bond donors (Lipinski definition) is 0. The Balaban J connectivity index is 0.00000512. The van der Waals surface area contributed by atoms with Crippen molar-refractivity contribution in [3.63, 3.8) is 0 Å². The van der Waals surface area contributed by atoms with E-state index in [1.54, 1.807) is 32.4 Å². The van der Waals surface area contributed by atoms with Gasteiger partial charge in [0, 0.05) is 31.0 Å². The summed E-state index contributed by atoms with van der Waals surface area (Å²) in [6, 6.07) is 9.00. The van der Waals surface area contributed by atoms with E-state index in [4.69, 9.17) is 23.7 Å². The van der Waals surface area contributed by atoms with Gasteiger partial charge in [0.15, 0.2) is 5.52 Å². The third kappa shape index (κ3) is 7.62. The second kappa shape index (κ2) is 15.1. The van der Waals surface area contributed by atoms with Crippen LogP contribution in [0.3, 0.4) is 0 Å². The van der Waals surface area contributed by atoms with Crippen LogP contribution in [0.4, 0.5) is 0 Å². The fraction of sp³-hybridized carbons (Fsp3) is 0.458. The summed E-state index contributed by atoms with van der Waals surface area (Å²) in [6.07, 6.45) is 2.59. The molecule has 0 spiro atoms. The number of carbonyl (C=O) groups is 1. The maximum absolute atomic E-state index is 13.4. The summed E-state index contributed by atoms with van der Waals surface area (Å²) in [5.41, 5.74) is 0.305. The molecule has 0 N–H and O–H groups in total. The standard InChI is InChI=1S/C24H33O6P.Li/c1-6-12-28-17-15-20(29-13-7-2)23(21(16-17)30-14-8-3)31-24(25)22-18(26-4)10-9-11-19(22)27-5;/h9-11,15-16,31H,6-8,12-14H2,1-5H3;. The van der Waals surface area contributed by atoms with E-state index in [9.17, 15) is 4.79 Å². The number of hydrogen-bond acceptors (Lipinski definition) is 6. The van der Waals surface area contributed by atoms with Gasteiger partial charge in [-0.2, -0.15) is 0 Å². The fourth-order valence-corrected chi connectivity index (χ4v) is 4.03. The summed E-state index contributed by atoms with van der Waals surface area (Å²) in [6.45, 7) is 7.80. The molecule has 0 saturated heterocycles. The van der Waals surface area contributed by atoms with E-state index in [1.807, 2.05) is 26.0 Å². The van der Waals surface area contributed by atoms with Crippen LogP contribution in [0.1, 0.15) is 50.4 Å². The van der Waals surface area contributed by atoms with E-state index in [2.05, 4.69) is 6.92 Å². The molecule has 0 aromatic heterocycles. The predicted octanol–water partition coefficient (Wildman–Crippen LogP) is 4.83. The Morgan fingerprint density at radius 3 is 1.69 bits per heavy atom. The largest absolute Gasteiger partial charge is 0.496 e. The van der Waals surface area contributed by atoms with Gasteiger partial charge in [0.25, 0.3) is 0 Å². The number of ether oxygens (including phenoxy) is 5. The van der Waals surface area contributed by atoms with Gasteiger partial charge in [0.2, 0.25) is 0 Å². The average Bonchev–Trinajstić information content (AvgIpc) is 2.80. The Morgan fingerprint density at radius 2 is 1.25 bits per heavy atom. The van der Waals surface area contributed by atoms with Gasteiger partial charge in [0.05, 0.1) is 39.3 Å². The van der Waals surface area contributed by atoms with E-state index in [1.165, 1.54) is 0 Å². The zero-order chi connectivity index (χ0) is 22.6. The first kappa shape index (κ1) is 28.2. The SMILES string of the molecule is CCCOc1cc(OCCC)c(PC(=O)c2c(OC)cccc2OC)c(OCCC)c1.[Li]. The Bertz CT molecular complexity index is 807. The molecule has 0 fully saturated rings. The van der Waals surface area contributed by atoms with Gasteiger partial charge in [-0.1, -0.05) is 26.8 Å². The molecule has 2 aromatic rings. The van der Waals surface area contributed by atoms with Crippen molar-refractivity contribution in [2.24, 2.45) is 0 Å².